The molecule has 0 saturated carbocycles. The number of hydrogen-bond donors (Lipinski definition) is 1. The van der Waals surface area contributed by atoms with Crippen molar-refractivity contribution in [1.29, 1.82) is 0 Å². The van der Waals surface area contributed by atoms with Crippen LogP contribution in [0, 0.1) is 6.92 Å². The van der Waals surface area contributed by atoms with E-state index >= 15 is 0 Å². The van der Waals surface area contributed by atoms with E-state index in [0.717, 1.165) is 40.6 Å². The second kappa shape index (κ2) is 11.5. The second-order valence-corrected chi connectivity index (χ2v) is 8.56. The molecule has 1 N–H and O–H groups in total. The summed E-state index contributed by atoms with van der Waals surface area (Å²) in [7, 11) is 0. The molecule has 3 aromatic rings. The van der Waals surface area contributed by atoms with Crippen molar-refractivity contribution in [3.63, 3.8) is 0 Å². The minimum Gasteiger partial charge on any atom is -0.486 e. The van der Waals surface area contributed by atoms with E-state index in [0.29, 0.717) is 19.8 Å². The highest BCUT2D eigenvalue weighted by Crippen LogP contribution is 2.35. The van der Waals surface area contributed by atoms with Gasteiger partial charge in [-0.2, -0.15) is 0 Å². The second-order valence-electron chi connectivity index (χ2n) is 8.56. The lowest BCUT2D eigenvalue weighted by Gasteiger charge is -2.19. The van der Waals surface area contributed by atoms with Gasteiger partial charge in [0.05, 0.1) is 5.69 Å². The molecular formula is C30H33N3O2. The summed E-state index contributed by atoms with van der Waals surface area (Å²) in [6.07, 6.45) is 11.4. The van der Waals surface area contributed by atoms with Crippen LogP contribution in [0.25, 0.3) is 16.8 Å². The van der Waals surface area contributed by atoms with E-state index < -0.39 is 0 Å². The van der Waals surface area contributed by atoms with Gasteiger partial charge < -0.3 is 14.8 Å². The molecule has 5 nitrogen and oxygen atoms in total. The lowest BCUT2D eigenvalue weighted by Crippen LogP contribution is -2.15. The average Bonchev–Trinajstić information content (AvgIpc) is 2.88. The standard InChI is InChI=1S/C30H33N3O2/c1-5-7-21(3)17-25(8-6-2)24-11-9-23(10-12-24)19-31-30-22(4)29(32-20-33-30)26-13-14-27-28(18-26)35-16-15-34-27/h6-14,17-18,20H,5,15-16,19H2,1-4H3,(H,31,32,33)/b8-6-,21-7+,25-17+. The van der Waals surface area contributed by atoms with Gasteiger partial charge in [0.25, 0.3) is 0 Å². The van der Waals surface area contributed by atoms with Crippen LogP contribution in [0.4, 0.5) is 5.82 Å². The molecule has 0 aliphatic carbocycles. The Morgan fingerprint density at radius 3 is 2.54 bits per heavy atom. The van der Waals surface area contributed by atoms with Gasteiger partial charge in [-0.1, -0.05) is 61.1 Å². The molecule has 0 spiro atoms. The maximum Gasteiger partial charge on any atom is 0.162 e. The summed E-state index contributed by atoms with van der Waals surface area (Å²) in [6.45, 7) is 10.2. The van der Waals surface area contributed by atoms with E-state index in [2.05, 4.69) is 77.7 Å². The molecule has 0 atom stereocenters. The highest BCUT2D eigenvalue weighted by Gasteiger charge is 2.15. The summed E-state index contributed by atoms with van der Waals surface area (Å²) in [6, 6.07) is 14.6. The van der Waals surface area contributed by atoms with Crippen molar-refractivity contribution in [2.75, 3.05) is 18.5 Å². The van der Waals surface area contributed by atoms with E-state index in [1.54, 1.807) is 6.33 Å². The number of fused-ring (bicyclic) bond motifs is 1. The Kier molecular flexibility index (Phi) is 7.99. The molecule has 0 fully saturated rings. The molecule has 1 aliphatic heterocycles. The number of anilines is 1. The largest absolute Gasteiger partial charge is 0.486 e. The maximum absolute atomic E-state index is 5.74. The predicted molar refractivity (Wildman–Crippen MR) is 144 cm³/mol. The number of benzene rings is 2. The topological polar surface area (TPSA) is 56.3 Å². The number of rotatable bonds is 8. The molecule has 0 bridgehead atoms. The zero-order chi connectivity index (χ0) is 24.6. The lowest BCUT2D eigenvalue weighted by molar-refractivity contribution is 0.171. The maximum atomic E-state index is 5.74. The molecule has 0 amide bonds. The van der Waals surface area contributed by atoms with Crippen molar-refractivity contribution >= 4 is 11.4 Å². The fourth-order valence-electron chi connectivity index (χ4n) is 4.14. The Morgan fingerprint density at radius 1 is 1.03 bits per heavy atom. The quantitative estimate of drug-likeness (QED) is 0.357. The normalized spacial score (nSPS) is 13.8. The Labute approximate surface area is 208 Å². The molecule has 1 aromatic heterocycles. The zero-order valence-corrected chi connectivity index (χ0v) is 21.0. The van der Waals surface area contributed by atoms with Crippen molar-refractivity contribution in [3.05, 3.63) is 95.4 Å². The first-order chi connectivity index (χ1) is 17.1. The van der Waals surface area contributed by atoms with E-state index in [1.807, 2.05) is 32.0 Å². The summed E-state index contributed by atoms with van der Waals surface area (Å²) < 4.78 is 11.4. The van der Waals surface area contributed by atoms with Gasteiger partial charge in [0.15, 0.2) is 11.5 Å². The molecule has 0 saturated heterocycles. The van der Waals surface area contributed by atoms with Crippen molar-refractivity contribution in [1.82, 2.24) is 9.97 Å². The van der Waals surface area contributed by atoms with Crippen molar-refractivity contribution in [2.45, 2.75) is 40.7 Å². The van der Waals surface area contributed by atoms with Gasteiger partial charge in [-0.25, -0.2) is 9.97 Å². The van der Waals surface area contributed by atoms with Crippen LogP contribution in [-0.2, 0) is 6.54 Å². The summed E-state index contributed by atoms with van der Waals surface area (Å²) >= 11 is 0. The van der Waals surface area contributed by atoms with Gasteiger partial charge in [0.2, 0.25) is 0 Å². The average molecular weight is 468 g/mol. The van der Waals surface area contributed by atoms with Crippen molar-refractivity contribution in [2.24, 2.45) is 0 Å². The number of ether oxygens (including phenoxy) is 2. The van der Waals surface area contributed by atoms with Crippen LogP contribution in [-0.4, -0.2) is 23.2 Å². The number of allylic oxidation sites excluding steroid dienone is 6. The smallest absolute Gasteiger partial charge is 0.162 e. The Hall–Kier alpha value is -3.86. The molecule has 1 aliphatic rings. The third kappa shape index (κ3) is 5.99. The first kappa shape index (κ1) is 24.3. The first-order valence-corrected chi connectivity index (χ1v) is 12.1. The van der Waals surface area contributed by atoms with Crippen LogP contribution in [0.1, 0.15) is 43.9 Å². The SMILES string of the molecule is C\C=C/C(=C\C(C)=C\CC)c1ccc(CNc2ncnc(-c3ccc4c(c3)OCCO4)c2C)cc1. The molecule has 2 aromatic carbocycles. The van der Waals surface area contributed by atoms with E-state index in [1.165, 1.54) is 22.3 Å². The molecule has 4 rings (SSSR count). The fraction of sp³-hybridized carbons (Fsp3) is 0.267. The molecule has 0 unspecified atom stereocenters. The van der Waals surface area contributed by atoms with Crippen molar-refractivity contribution in [3.8, 4) is 22.8 Å². The summed E-state index contributed by atoms with van der Waals surface area (Å²) in [5, 5.41) is 3.48. The van der Waals surface area contributed by atoms with Gasteiger partial charge in [0.1, 0.15) is 25.4 Å². The Morgan fingerprint density at radius 2 is 1.80 bits per heavy atom. The minimum atomic E-state index is 0.561. The van der Waals surface area contributed by atoms with Crippen LogP contribution in [0.15, 0.2) is 78.7 Å². The lowest BCUT2D eigenvalue weighted by atomic mass is 10.0. The van der Waals surface area contributed by atoms with Crippen LogP contribution in [0.3, 0.4) is 0 Å². The number of nitrogens with one attached hydrogen (secondary N) is 1. The van der Waals surface area contributed by atoms with E-state index in [-0.39, 0.29) is 0 Å². The molecule has 2 heterocycles. The fourth-order valence-corrected chi connectivity index (χ4v) is 4.14. The third-order valence-corrected chi connectivity index (χ3v) is 5.90. The summed E-state index contributed by atoms with van der Waals surface area (Å²) in [5.41, 5.74) is 7.74. The highest BCUT2D eigenvalue weighted by molar-refractivity contribution is 5.76. The number of aromatic nitrogens is 2. The molecule has 35 heavy (non-hydrogen) atoms. The Balaban J connectivity index is 1.49. The predicted octanol–water partition coefficient (Wildman–Crippen LogP) is 7.15. The van der Waals surface area contributed by atoms with Crippen LogP contribution >= 0.6 is 0 Å². The minimum absolute atomic E-state index is 0.561. The summed E-state index contributed by atoms with van der Waals surface area (Å²) in [5.74, 6) is 2.36. The van der Waals surface area contributed by atoms with Crippen LogP contribution in [0.2, 0.25) is 0 Å². The van der Waals surface area contributed by atoms with Gasteiger partial charge in [-0.15, -0.1) is 0 Å². The van der Waals surface area contributed by atoms with Gasteiger partial charge in [-0.05, 0) is 62.1 Å². The number of hydrogen-bond acceptors (Lipinski definition) is 5. The Bertz CT molecular complexity index is 1260. The molecule has 0 radical (unpaired) electrons. The van der Waals surface area contributed by atoms with Crippen molar-refractivity contribution < 1.29 is 9.47 Å². The van der Waals surface area contributed by atoms with Crippen LogP contribution in [0.5, 0.6) is 11.5 Å². The molecular weight excluding hydrogens is 434 g/mol. The van der Waals surface area contributed by atoms with Gasteiger partial charge in [0, 0.05) is 17.7 Å². The first-order valence-electron chi connectivity index (χ1n) is 12.1. The van der Waals surface area contributed by atoms with Crippen LogP contribution < -0.4 is 14.8 Å². The number of nitrogens with zero attached hydrogens (tertiary/aromatic N) is 2. The van der Waals surface area contributed by atoms with E-state index in [4.69, 9.17) is 9.47 Å². The van der Waals surface area contributed by atoms with E-state index in [9.17, 15) is 0 Å². The van der Waals surface area contributed by atoms with Gasteiger partial charge >= 0.3 is 0 Å². The molecule has 5 heteroatoms. The third-order valence-electron chi connectivity index (χ3n) is 5.90. The van der Waals surface area contributed by atoms with Gasteiger partial charge in [-0.3, -0.25) is 0 Å². The summed E-state index contributed by atoms with van der Waals surface area (Å²) in [4.78, 5) is 9.02. The monoisotopic (exact) mass is 467 g/mol. The zero-order valence-electron chi connectivity index (χ0n) is 21.0. The highest BCUT2D eigenvalue weighted by atomic mass is 16.6. The molecule has 180 valence electrons.